The summed E-state index contributed by atoms with van der Waals surface area (Å²) in [5, 5.41) is 0. The number of morpholine rings is 1. The van der Waals surface area contributed by atoms with Gasteiger partial charge in [-0.05, 0) is 37.1 Å². The predicted octanol–water partition coefficient (Wildman–Crippen LogP) is 0.709. The first-order valence-electron chi connectivity index (χ1n) is 8.67. The van der Waals surface area contributed by atoms with Crippen LogP contribution in [0.1, 0.15) is 36.0 Å². The number of nitrogens with one attached hydrogen (secondary N) is 1. The Morgan fingerprint density at radius 1 is 1.16 bits per heavy atom. The molecule has 8 heteroatoms. The van der Waals surface area contributed by atoms with Crippen molar-refractivity contribution in [3.8, 4) is 0 Å². The molecule has 3 N–H and O–H groups in total. The molecule has 0 aromatic heterocycles. The summed E-state index contributed by atoms with van der Waals surface area (Å²) in [6, 6.07) is 6.09. The van der Waals surface area contributed by atoms with E-state index in [1.165, 1.54) is 12.1 Å². The summed E-state index contributed by atoms with van der Waals surface area (Å²) in [5.74, 6) is -0.102. The van der Waals surface area contributed by atoms with Gasteiger partial charge < -0.3 is 15.4 Å². The fourth-order valence-corrected chi connectivity index (χ4v) is 4.94. The Hall–Kier alpha value is -1.48. The van der Waals surface area contributed by atoms with Crippen LogP contribution in [0.2, 0.25) is 0 Å². The second-order valence-corrected chi connectivity index (χ2v) is 8.41. The SMILES string of the molecule is NCC1(NS(=O)(=O)c2ccc(C(=O)N3CCOCC3)cc2)CCCC1. The van der Waals surface area contributed by atoms with Gasteiger partial charge in [0.25, 0.3) is 5.91 Å². The molecule has 0 spiro atoms. The number of benzene rings is 1. The van der Waals surface area contributed by atoms with E-state index in [2.05, 4.69) is 4.72 Å². The largest absolute Gasteiger partial charge is 0.378 e. The summed E-state index contributed by atoms with van der Waals surface area (Å²) < 4.78 is 33.3. The first-order valence-corrected chi connectivity index (χ1v) is 10.2. The summed E-state index contributed by atoms with van der Waals surface area (Å²) in [5.41, 5.74) is 5.75. The average molecular weight is 367 g/mol. The van der Waals surface area contributed by atoms with Crippen LogP contribution < -0.4 is 10.5 Å². The van der Waals surface area contributed by atoms with Crippen molar-refractivity contribution in [2.45, 2.75) is 36.1 Å². The second kappa shape index (κ2) is 7.41. The number of sulfonamides is 1. The molecular weight excluding hydrogens is 342 g/mol. The Balaban J connectivity index is 1.73. The molecule has 1 saturated heterocycles. The maximum absolute atomic E-state index is 12.7. The fourth-order valence-electron chi connectivity index (χ4n) is 3.47. The Labute approximate surface area is 148 Å². The Morgan fingerprint density at radius 3 is 2.32 bits per heavy atom. The van der Waals surface area contributed by atoms with Gasteiger partial charge in [0.05, 0.1) is 18.1 Å². The lowest BCUT2D eigenvalue weighted by atomic mass is 10.0. The summed E-state index contributed by atoms with van der Waals surface area (Å²) in [6.07, 6.45) is 3.48. The van der Waals surface area contributed by atoms with E-state index in [1.54, 1.807) is 17.0 Å². The van der Waals surface area contributed by atoms with E-state index in [1.807, 2.05) is 0 Å². The molecule has 0 unspecified atom stereocenters. The fraction of sp³-hybridized carbons (Fsp3) is 0.588. The molecule has 138 valence electrons. The third-order valence-corrected chi connectivity index (χ3v) is 6.61. The van der Waals surface area contributed by atoms with Crippen molar-refractivity contribution >= 4 is 15.9 Å². The molecule has 1 aliphatic heterocycles. The molecular formula is C17H25N3O4S. The van der Waals surface area contributed by atoms with Crippen LogP contribution in [0.15, 0.2) is 29.2 Å². The van der Waals surface area contributed by atoms with Crippen molar-refractivity contribution in [2.24, 2.45) is 5.73 Å². The summed E-state index contributed by atoms with van der Waals surface area (Å²) in [6.45, 7) is 2.46. The number of rotatable bonds is 5. The minimum absolute atomic E-state index is 0.102. The first-order chi connectivity index (χ1) is 12.0. The van der Waals surface area contributed by atoms with E-state index in [0.717, 1.165) is 25.7 Å². The molecule has 0 bridgehead atoms. The van der Waals surface area contributed by atoms with Crippen LogP contribution in [-0.2, 0) is 14.8 Å². The lowest BCUT2D eigenvalue weighted by Crippen LogP contribution is -2.51. The molecule has 0 atom stereocenters. The van der Waals surface area contributed by atoms with E-state index in [4.69, 9.17) is 10.5 Å². The maximum atomic E-state index is 12.7. The molecule has 2 aliphatic rings. The zero-order valence-corrected chi connectivity index (χ0v) is 15.1. The van der Waals surface area contributed by atoms with Crippen LogP contribution in [0.3, 0.4) is 0 Å². The minimum atomic E-state index is -3.66. The smallest absolute Gasteiger partial charge is 0.254 e. The highest BCUT2D eigenvalue weighted by molar-refractivity contribution is 7.89. The van der Waals surface area contributed by atoms with Crippen LogP contribution in [0.25, 0.3) is 0 Å². The zero-order valence-electron chi connectivity index (χ0n) is 14.2. The Bertz CT molecular complexity index is 706. The monoisotopic (exact) mass is 367 g/mol. The van der Waals surface area contributed by atoms with Crippen LogP contribution in [0, 0.1) is 0 Å². The van der Waals surface area contributed by atoms with Crippen molar-refractivity contribution in [1.29, 1.82) is 0 Å². The molecule has 1 aromatic carbocycles. The normalized spacial score (nSPS) is 20.6. The molecule has 1 heterocycles. The van der Waals surface area contributed by atoms with Crippen molar-refractivity contribution in [3.63, 3.8) is 0 Å². The first kappa shape index (κ1) is 18.3. The maximum Gasteiger partial charge on any atom is 0.254 e. The number of hydrogen-bond donors (Lipinski definition) is 2. The van der Waals surface area contributed by atoms with Gasteiger partial charge in [0.15, 0.2) is 0 Å². The van der Waals surface area contributed by atoms with Crippen molar-refractivity contribution in [3.05, 3.63) is 29.8 Å². The number of nitrogens with zero attached hydrogens (tertiary/aromatic N) is 1. The average Bonchev–Trinajstić information content (AvgIpc) is 3.10. The molecule has 2 fully saturated rings. The van der Waals surface area contributed by atoms with Crippen molar-refractivity contribution in [1.82, 2.24) is 9.62 Å². The number of amides is 1. The topological polar surface area (TPSA) is 102 Å². The number of carbonyl (C=O) groups is 1. The third kappa shape index (κ3) is 4.03. The Kier molecular flexibility index (Phi) is 5.43. The van der Waals surface area contributed by atoms with Gasteiger partial charge in [-0.15, -0.1) is 0 Å². The van der Waals surface area contributed by atoms with Crippen LogP contribution >= 0.6 is 0 Å². The van der Waals surface area contributed by atoms with Crippen molar-refractivity contribution < 1.29 is 17.9 Å². The summed E-state index contributed by atoms with van der Waals surface area (Å²) >= 11 is 0. The molecule has 7 nitrogen and oxygen atoms in total. The van der Waals surface area contributed by atoms with Gasteiger partial charge >= 0.3 is 0 Å². The molecule has 3 rings (SSSR count). The summed E-state index contributed by atoms with van der Waals surface area (Å²) in [7, 11) is -3.66. The van der Waals surface area contributed by atoms with Crippen LogP contribution in [0.5, 0.6) is 0 Å². The van der Waals surface area contributed by atoms with Gasteiger partial charge in [-0.2, -0.15) is 0 Å². The Morgan fingerprint density at radius 2 is 1.76 bits per heavy atom. The third-order valence-electron chi connectivity index (χ3n) is 5.01. The van der Waals surface area contributed by atoms with Crippen molar-refractivity contribution in [2.75, 3.05) is 32.8 Å². The lowest BCUT2D eigenvalue weighted by Gasteiger charge is -2.28. The number of carbonyl (C=O) groups excluding carboxylic acids is 1. The predicted molar refractivity (Wildman–Crippen MR) is 93.7 cm³/mol. The van der Waals surface area contributed by atoms with Gasteiger partial charge in [-0.3, -0.25) is 4.79 Å². The van der Waals surface area contributed by atoms with Gasteiger partial charge in [0, 0.05) is 30.7 Å². The van der Waals surface area contributed by atoms with E-state index < -0.39 is 15.6 Å². The van der Waals surface area contributed by atoms with Crippen LogP contribution in [-0.4, -0.2) is 57.6 Å². The quantitative estimate of drug-likeness (QED) is 0.798. The number of ether oxygens (including phenoxy) is 1. The molecule has 1 aromatic rings. The van der Waals surface area contributed by atoms with E-state index >= 15 is 0 Å². The molecule has 25 heavy (non-hydrogen) atoms. The van der Waals surface area contributed by atoms with Gasteiger partial charge in [-0.1, -0.05) is 12.8 Å². The van der Waals surface area contributed by atoms with E-state index in [-0.39, 0.29) is 10.8 Å². The van der Waals surface area contributed by atoms with E-state index in [0.29, 0.717) is 38.4 Å². The number of nitrogens with two attached hydrogens (primary N) is 1. The minimum Gasteiger partial charge on any atom is -0.378 e. The molecule has 1 saturated carbocycles. The standard InChI is InChI=1S/C17H25N3O4S/c18-13-17(7-1-2-8-17)19-25(22,23)15-5-3-14(4-6-15)16(21)20-9-11-24-12-10-20/h3-6,19H,1-2,7-13,18H2. The zero-order chi connectivity index (χ0) is 17.9. The molecule has 1 amide bonds. The van der Waals surface area contributed by atoms with E-state index in [9.17, 15) is 13.2 Å². The highest BCUT2D eigenvalue weighted by Crippen LogP contribution is 2.30. The highest BCUT2D eigenvalue weighted by atomic mass is 32.2. The number of hydrogen-bond acceptors (Lipinski definition) is 5. The van der Waals surface area contributed by atoms with Crippen LogP contribution in [0.4, 0.5) is 0 Å². The summed E-state index contributed by atoms with van der Waals surface area (Å²) in [4.78, 5) is 14.3. The highest BCUT2D eigenvalue weighted by Gasteiger charge is 2.36. The lowest BCUT2D eigenvalue weighted by molar-refractivity contribution is 0.0303. The van der Waals surface area contributed by atoms with Gasteiger partial charge in [-0.25, -0.2) is 13.1 Å². The second-order valence-electron chi connectivity index (χ2n) is 6.73. The molecule has 0 radical (unpaired) electrons. The molecule has 1 aliphatic carbocycles. The van der Waals surface area contributed by atoms with Gasteiger partial charge in [0.2, 0.25) is 10.0 Å². The van der Waals surface area contributed by atoms with Gasteiger partial charge in [0.1, 0.15) is 0 Å².